The average Bonchev–Trinajstić information content (AvgIpc) is 2.42. The van der Waals surface area contributed by atoms with Crippen LogP contribution in [-0.4, -0.2) is 21.8 Å². The lowest BCUT2D eigenvalue weighted by Crippen LogP contribution is -2.07. The first kappa shape index (κ1) is 15.3. The molecule has 0 bridgehead atoms. The summed E-state index contributed by atoms with van der Waals surface area (Å²) >= 11 is 1.93. The molecule has 0 aliphatic rings. The van der Waals surface area contributed by atoms with Crippen LogP contribution in [0.1, 0.15) is 52.1 Å². The van der Waals surface area contributed by atoms with Crippen molar-refractivity contribution < 1.29 is 0 Å². The maximum Gasteiger partial charge on any atom is 0.140 e. The van der Waals surface area contributed by atoms with E-state index in [0.717, 1.165) is 42.5 Å². The molecule has 18 heavy (non-hydrogen) atoms. The maximum absolute atomic E-state index is 4.59. The molecule has 1 N–H and O–H groups in total. The molecular formula is C14H25N3S. The summed E-state index contributed by atoms with van der Waals surface area (Å²) in [7, 11) is 0. The van der Waals surface area contributed by atoms with Gasteiger partial charge in [0, 0.05) is 23.6 Å². The van der Waals surface area contributed by atoms with Crippen molar-refractivity contribution in [2.45, 2.75) is 58.0 Å². The number of aryl methyl sites for hydroxylation is 1. The Hall–Kier alpha value is -0.770. The molecule has 1 aromatic heterocycles. The number of hydrogen-bond acceptors (Lipinski definition) is 4. The van der Waals surface area contributed by atoms with Crippen molar-refractivity contribution in [1.29, 1.82) is 0 Å². The van der Waals surface area contributed by atoms with Crippen LogP contribution < -0.4 is 5.32 Å². The third-order valence-corrected chi connectivity index (χ3v) is 4.14. The number of thioether (sulfide) groups is 1. The summed E-state index contributed by atoms with van der Waals surface area (Å²) in [5.41, 5.74) is 1.13. The van der Waals surface area contributed by atoms with E-state index >= 15 is 0 Å². The standard InChI is InChI=1S/C14H25N3S/c1-5-8-15-13-9-12(7-3)16-14(17-13)10-18-11(4)6-2/h9,11H,5-8,10H2,1-4H3,(H,15,16,17). The van der Waals surface area contributed by atoms with Crippen LogP contribution in [0.3, 0.4) is 0 Å². The first-order valence-corrected chi connectivity index (χ1v) is 7.96. The molecule has 3 nitrogen and oxygen atoms in total. The van der Waals surface area contributed by atoms with Crippen LogP contribution in [0.15, 0.2) is 6.07 Å². The van der Waals surface area contributed by atoms with E-state index in [1.54, 1.807) is 0 Å². The van der Waals surface area contributed by atoms with Gasteiger partial charge in [-0.25, -0.2) is 9.97 Å². The van der Waals surface area contributed by atoms with Crippen molar-refractivity contribution in [1.82, 2.24) is 9.97 Å². The van der Waals surface area contributed by atoms with Gasteiger partial charge in [0.1, 0.15) is 11.6 Å². The third-order valence-electron chi connectivity index (χ3n) is 2.82. The zero-order valence-electron chi connectivity index (χ0n) is 12.0. The van der Waals surface area contributed by atoms with Crippen molar-refractivity contribution in [2.75, 3.05) is 11.9 Å². The highest BCUT2D eigenvalue weighted by molar-refractivity contribution is 7.99. The van der Waals surface area contributed by atoms with Gasteiger partial charge in [-0.1, -0.05) is 27.7 Å². The van der Waals surface area contributed by atoms with Crippen LogP contribution in [0.5, 0.6) is 0 Å². The molecule has 0 radical (unpaired) electrons. The molecule has 1 unspecified atom stereocenters. The first-order valence-electron chi connectivity index (χ1n) is 6.91. The second-order valence-electron chi connectivity index (χ2n) is 4.47. The van der Waals surface area contributed by atoms with Crippen LogP contribution >= 0.6 is 11.8 Å². The molecule has 0 fully saturated rings. The Morgan fingerprint density at radius 3 is 2.67 bits per heavy atom. The Bertz CT molecular complexity index is 355. The predicted molar refractivity (Wildman–Crippen MR) is 81.2 cm³/mol. The minimum absolute atomic E-state index is 0.672. The van der Waals surface area contributed by atoms with Gasteiger partial charge < -0.3 is 5.32 Å². The third kappa shape index (κ3) is 5.25. The first-order chi connectivity index (χ1) is 8.69. The lowest BCUT2D eigenvalue weighted by atomic mass is 10.3. The van der Waals surface area contributed by atoms with E-state index in [2.05, 4.69) is 49.0 Å². The van der Waals surface area contributed by atoms with Crippen LogP contribution in [0, 0.1) is 0 Å². The molecule has 0 aromatic carbocycles. The quantitative estimate of drug-likeness (QED) is 0.775. The topological polar surface area (TPSA) is 37.8 Å². The van der Waals surface area contributed by atoms with Gasteiger partial charge in [0.25, 0.3) is 0 Å². The van der Waals surface area contributed by atoms with Gasteiger partial charge in [0.2, 0.25) is 0 Å². The Balaban J connectivity index is 2.70. The van der Waals surface area contributed by atoms with E-state index in [9.17, 15) is 0 Å². The van der Waals surface area contributed by atoms with Crippen molar-refractivity contribution in [3.8, 4) is 0 Å². The van der Waals surface area contributed by atoms with Crippen LogP contribution in [0.25, 0.3) is 0 Å². The molecule has 0 saturated heterocycles. The highest BCUT2D eigenvalue weighted by Gasteiger charge is 2.06. The fraction of sp³-hybridized carbons (Fsp3) is 0.714. The molecule has 0 aliphatic carbocycles. The molecule has 0 amide bonds. The molecular weight excluding hydrogens is 242 g/mol. The Morgan fingerprint density at radius 1 is 1.28 bits per heavy atom. The van der Waals surface area contributed by atoms with E-state index in [-0.39, 0.29) is 0 Å². The summed E-state index contributed by atoms with van der Waals surface area (Å²) in [6.07, 6.45) is 3.27. The number of rotatable bonds is 8. The van der Waals surface area contributed by atoms with Gasteiger partial charge in [0.05, 0.1) is 5.75 Å². The van der Waals surface area contributed by atoms with Crippen LogP contribution in [-0.2, 0) is 12.2 Å². The number of hydrogen-bond donors (Lipinski definition) is 1. The van der Waals surface area contributed by atoms with E-state index < -0.39 is 0 Å². The molecule has 0 spiro atoms. The van der Waals surface area contributed by atoms with Crippen molar-refractivity contribution in [3.05, 3.63) is 17.6 Å². The van der Waals surface area contributed by atoms with Gasteiger partial charge in [-0.05, 0) is 19.3 Å². The smallest absolute Gasteiger partial charge is 0.140 e. The van der Waals surface area contributed by atoms with Crippen LogP contribution in [0.4, 0.5) is 5.82 Å². The summed E-state index contributed by atoms with van der Waals surface area (Å²) in [6, 6.07) is 2.06. The molecule has 102 valence electrons. The SMILES string of the molecule is CCCNc1cc(CC)nc(CSC(C)CC)n1. The second-order valence-corrected chi connectivity index (χ2v) is 5.90. The minimum atomic E-state index is 0.672. The van der Waals surface area contributed by atoms with Crippen molar-refractivity contribution in [3.63, 3.8) is 0 Å². The van der Waals surface area contributed by atoms with Gasteiger partial charge in [-0.15, -0.1) is 0 Å². The zero-order chi connectivity index (χ0) is 13.4. The predicted octanol–water partition coefficient (Wildman–Crippen LogP) is 3.89. The monoisotopic (exact) mass is 267 g/mol. The second kappa shape index (κ2) is 8.35. The number of aromatic nitrogens is 2. The number of nitrogens with one attached hydrogen (secondary N) is 1. The highest BCUT2D eigenvalue weighted by atomic mass is 32.2. The van der Waals surface area contributed by atoms with Crippen LogP contribution in [0.2, 0.25) is 0 Å². The highest BCUT2D eigenvalue weighted by Crippen LogP contribution is 2.19. The summed E-state index contributed by atoms with van der Waals surface area (Å²) in [4.78, 5) is 9.18. The Labute approximate surface area is 115 Å². The summed E-state index contributed by atoms with van der Waals surface area (Å²) in [5, 5.41) is 4.02. The van der Waals surface area contributed by atoms with Gasteiger partial charge in [0.15, 0.2) is 0 Å². The van der Waals surface area contributed by atoms with E-state index in [1.807, 2.05) is 11.8 Å². The fourth-order valence-electron chi connectivity index (χ4n) is 1.48. The van der Waals surface area contributed by atoms with Gasteiger partial charge >= 0.3 is 0 Å². The molecule has 1 aromatic rings. The lowest BCUT2D eigenvalue weighted by Gasteiger charge is -2.10. The fourth-order valence-corrected chi connectivity index (χ4v) is 2.27. The van der Waals surface area contributed by atoms with E-state index in [0.29, 0.717) is 5.25 Å². The Kier molecular flexibility index (Phi) is 7.09. The summed E-state index contributed by atoms with van der Waals surface area (Å²) in [6.45, 7) is 9.74. The molecule has 1 heterocycles. The molecule has 0 saturated carbocycles. The van der Waals surface area contributed by atoms with Crippen molar-refractivity contribution in [2.24, 2.45) is 0 Å². The molecule has 1 rings (SSSR count). The number of anilines is 1. The minimum Gasteiger partial charge on any atom is -0.370 e. The lowest BCUT2D eigenvalue weighted by molar-refractivity contribution is 0.892. The zero-order valence-corrected chi connectivity index (χ0v) is 12.8. The van der Waals surface area contributed by atoms with Gasteiger partial charge in [-0.2, -0.15) is 11.8 Å². The Morgan fingerprint density at radius 2 is 2.06 bits per heavy atom. The molecule has 0 aliphatic heterocycles. The van der Waals surface area contributed by atoms with E-state index in [4.69, 9.17) is 0 Å². The number of nitrogens with zero attached hydrogens (tertiary/aromatic N) is 2. The maximum atomic E-state index is 4.59. The molecule has 4 heteroatoms. The van der Waals surface area contributed by atoms with E-state index in [1.165, 1.54) is 6.42 Å². The normalized spacial score (nSPS) is 12.4. The van der Waals surface area contributed by atoms with Crippen molar-refractivity contribution >= 4 is 17.6 Å². The summed E-state index contributed by atoms with van der Waals surface area (Å²) in [5.74, 6) is 2.84. The average molecular weight is 267 g/mol. The molecule has 1 atom stereocenters. The largest absolute Gasteiger partial charge is 0.370 e. The van der Waals surface area contributed by atoms with Gasteiger partial charge in [-0.3, -0.25) is 0 Å². The summed E-state index contributed by atoms with van der Waals surface area (Å²) < 4.78 is 0.